The first-order chi connectivity index (χ1) is 9.20. The Morgan fingerprint density at radius 3 is 2.40 bits per heavy atom. The van der Waals surface area contributed by atoms with E-state index < -0.39 is 9.96 Å². The highest BCUT2D eigenvalue weighted by Crippen LogP contribution is 2.29. The molecule has 0 aliphatic heterocycles. The first-order valence-corrected chi connectivity index (χ1v) is 6.93. The molecule has 5 nitrogen and oxygen atoms in total. The molecule has 1 atom stereocenters. The molecule has 1 rings (SSSR count). The van der Waals surface area contributed by atoms with Crippen molar-refractivity contribution in [3.05, 3.63) is 24.3 Å². The van der Waals surface area contributed by atoms with Crippen LogP contribution in [-0.2, 0) is 4.79 Å². The van der Waals surface area contributed by atoms with Crippen LogP contribution in [0.15, 0.2) is 24.3 Å². The van der Waals surface area contributed by atoms with Gasteiger partial charge >= 0.3 is 0 Å². The number of carbonyl (C=O) groups is 1. The average molecular weight is 357 g/mol. The van der Waals surface area contributed by atoms with E-state index in [-0.39, 0.29) is 16.8 Å². The lowest BCUT2D eigenvalue weighted by atomic mass is 10.3. The molecule has 9 heteroatoms. The number of hydrogen-bond donors (Lipinski definition) is 4. The van der Waals surface area contributed by atoms with Crippen LogP contribution >= 0.6 is 47.0 Å². The fourth-order valence-corrected chi connectivity index (χ4v) is 1.83. The Hall–Kier alpha value is -0.950. The van der Waals surface area contributed by atoms with Crippen LogP contribution in [0.3, 0.4) is 0 Å². The largest absolute Gasteiger partial charge is 0.506 e. The van der Waals surface area contributed by atoms with Gasteiger partial charge in [-0.25, -0.2) is 0 Å². The van der Waals surface area contributed by atoms with E-state index >= 15 is 0 Å². The highest BCUT2D eigenvalue weighted by Gasteiger charge is 2.34. The van der Waals surface area contributed by atoms with Gasteiger partial charge in [0.05, 0.1) is 5.69 Å². The molecule has 110 valence electrons. The van der Waals surface area contributed by atoms with E-state index in [0.29, 0.717) is 5.69 Å². The minimum Gasteiger partial charge on any atom is -0.506 e. The van der Waals surface area contributed by atoms with Crippen molar-refractivity contribution in [3.8, 4) is 5.75 Å². The van der Waals surface area contributed by atoms with Crippen molar-refractivity contribution in [1.29, 1.82) is 0 Å². The Morgan fingerprint density at radius 1 is 1.30 bits per heavy atom. The van der Waals surface area contributed by atoms with Crippen LogP contribution in [0.4, 0.5) is 5.69 Å². The molecular formula is C11H12Cl3N3O2S. The summed E-state index contributed by atoms with van der Waals surface area (Å²) in [4.78, 5) is 11.1. The molecule has 20 heavy (non-hydrogen) atoms. The van der Waals surface area contributed by atoms with Gasteiger partial charge in [0.2, 0.25) is 9.70 Å². The molecule has 4 N–H and O–H groups in total. The zero-order valence-electron chi connectivity index (χ0n) is 10.3. The summed E-state index contributed by atoms with van der Waals surface area (Å²) in [6.07, 6.45) is -1.02. The van der Waals surface area contributed by atoms with Crippen LogP contribution in [0.25, 0.3) is 0 Å². The van der Waals surface area contributed by atoms with Gasteiger partial charge in [-0.1, -0.05) is 46.9 Å². The third kappa shape index (κ3) is 5.58. The first kappa shape index (κ1) is 17.1. The Bertz CT molecular complexity index is 508. The molecule has 0 aromatic heterocycles. The van der Waals surface area contributed by atoms with Crippen LogP contribution < -0.4 is 16.0 Å². The molecule has 0 radical (unpaired) electrons. The summed E-state index contributed by atoms with van der Waals surface area (Å²) in [5, 5.41) is 17.5. The molecule has 0 bridgehead atoms. The topological polar surface area (TPSA) is 73.4 Å². The van der Waals surface area contributed by atoms with Gasteiger partial charge in [-0.05, 0) is 24.4 Å². The predicted octanol–water partition coefficient (Wildman–Crippen LogP) is 2.51. The minimum atomic E-state index is -1.80. The summed E-state index contributed by atoms with van der Waals surface area (Å²) in [6, 6.07) is 6.49. The molecule has 1 unspecified atom stereocenters. The number of alkyl halides is 3. The maximum Gasteiger partial charge on any atom is 0.228 e. The standard InChI is InChI=1S/C11H12Cl3N3O2S/c1-6(18)15-9(11(12,13)14)17-10(20)16-7-4-2-3-5-8(7)19/h2-5,9,19H,1H3,(H,15,18)(H2,16,17,20). The van der Waals surface area contributed by atoms with Crippen molar-refractivity contribution in [2.45, 2.75) is 16.9 Å². The number of rotatable bonds is 3. The smallest absolute Gasteiger partial charge is 0.228 e. The van der Waals surface area contributed by atoms with Gasteiger partial charge in [0.1, 0.15) is 11.9 Å². The van der Waals surface area contributed by atoms with Gasteiger partial charge in [-0.2, -0.15) is 0 Å². The second-order valence-corrected chi connectivity index (χ2v) is 6.57. The summed E-state index contributed by atoms with van der Waals surface area (Å²) >= 11 is 22.2. The van der Waals surface area contributed by atoms with Crippen LogP contribution in [-0.4, -0.2) is 26.1 Å². The Balaban J connectivity index is 2.72. The van der Waals surface area contributed by atoms with Gasteiger partial charge in [0, 0.05) is 6.92 Å². The number of carbonyl (C=O) groups excluding carboxylic acids is 1. The van der Waals surface area contributed by atoms with Crippen LogP contribution in [0.5, 0.6) is 5.75 Å². The molecular weight excluding hydrogens is 345 g/mol. The Morgan fingerprint density at radius 2 is 1.90 bits per heavy atom. The summed E-state index contributed by atoms with van der Waals surface area (Å²) in [6.45, 7) is 1.28. The zero-order chi connectivity index (χ0) is 15.3. The van der Waals surface area contributed by atoms with E-state index in [4.69, 9.17) is 47.0 Å². The monoisotopic (exact) mass is 355 g/mol. The number of phenolic OH excluding ortho intramolecular Hbond substituents is 1. The van der Waals surface area contributed by atoms with Gasteiger partial charge in [-0.3, -0.25) is 4.79 Å². The second kappa shape index (κ2) is 7.17. The molecule has 0 fully saturated rings. The van der Waals surface area contributed by atoms with Crippen LogP contribution in [0.2, 0.25) is 0 Å². The zero-order valence-corrected chi connectivity index (χ0v) is 13.4. The minimum absolute atomic E-state index is 0.0154. The van der Waals surface area contributed by atoms with Gasteiger partial charge in [0.15, 0.2) is 5.11 Å². The van der Waals surface area contributed by atoms with E-state index in [9.17, 15) is 9.90 Å². The van der Waals surface area contributed by atoms with Gasteiger partial charge in [0.25, 0.3) is 0 Å². The van der Waals surface area contributed by atoms with Crippen molar-refractivity contribution in [1.82, 2.24) is 10.6 Å². The van der Waals surface area contributed by atoms with Crippen molar-refractivity contribution in [2.24, 2.45) is 0 Å². The third-order valence-corrected chi connectivity index (χ3v) is 2.98. The molecule has 0 aliphatic rings. The number of anilines is 1. The van der Waals surface area contributed by atoms with E-state index in [1.165, 1.54) is 13.0 Å². The number of hydrogen-bond acceptors (Lipinski definition) is 3. The van der Waals surface area contributed by atoms with Crippen molar-refractivity contribution in [3.63, 3.8) is 0 Å². The second-order valence-electron chi connectivity index (χ2n) is 3.79. The summed E-state index contributed by atoms with van der Waals surface area (Å²) < 4.78 is -1.80. The molecule has 0 saturated heterocycles. The molecule has 0 saturated carbocycles. The van der Waals surface area contributed by atoms with Crippen molar-refractivity contribution < 1.29 is 9.90 Å². The van der Waals surface area contributed by atoms with Gasteiger partial charge < -0.3 is 21.1 Å². The fourth-order valence-electron chi connectivity index (χ4n) is 1.27. The van der Waals surface area contributed by atoms with E-state index in [0.717, 1.165) is 0 Å². The highest BCUT2D eigenvalue weighted by atomic mass is 35.6. The normalized spacial score (nSPS) is 12.4. The predicted molar refractivity (Wildman–Crippen MR) is 85.4 cm³/mol. The molecule has 1 amide bonds. The Labute approximate surface area is 136 Å². The number of phenols is 1. The highest BCUT2D eigenvalue weighted by molar-refractivity contribution is 7.80. The summed E-state index contributed by atoms with van der Waals surface area (Å²) in [7, 11) is 0. The molecule has 0 spiro atoms. The molecule has 1 aromatic rings. The third-order valence-electron chi connectivity index (χ3n) is 2.10. The van der Waals surface area contributed by atoms with Crippen LogP contribution in [0, 0.1) is 0 Å². The molecule has 0 heterocycles. The summed E-state index contributed by atoms with van der Waals surface area (Å²) in [5.74, 6) is -0.374. The lowest BCUT2D eigenvalue weighted by Gasteiger charge is -2.27. The number of para-hydroxylation sites is 2. The maximum absolute atomic E-state index is 11.1. The lowest BCUT2D eigenvalue weighted by molar-refractivity contribution is -0.119. The average Bonchev–Trinajstić information content (AvgIpc) is 2.29. The summed E-state index contributed by atoms with van der Waals surface area (Å²) in [5.41, 5.74) is 0.385. The quantitative estimate of drug-likeness (QED) is 0.290. The number of benzene rings is 1. The van der Waals surface area contributed by atoms with Crippen molar-refractivity contribution in [2.75, 3.05) is 5.32 Å². The number of amides is 1. The number of halogens is 3. The van der Waals surface area contributed by atoms with E-state index in [1.807, 2.05) is 0 Å². The van der Waals surface area contributed by atoms with Crippen molar-refractivity contribution >= 4 is 63.7 Å². The number of thiocarbonyl (C=S) groups is 1. The first-order valence-electron chi connectivity index (χ1n) is 5.39. The maximum atomic E-state index is 11.1. The lowest BCUT2D eigenvalue weighted by Crippen LogP contribution is -2.55. The SMILES string of the molecule is CC(=O)NC(NC(=S)Nc1ccccc1O)C(Cl)(Cl)Cl. The van der Waals surface area contributed by atoms with Gasteiger partial charge in [-0.15, -0.1) is 0 Å². The molecule has 1 aromatic carbocycles. The molecule has 0 aliphatic carbocycles. The number of nitrogens with one attached hydrogen (secondary N) is 3. The van der Waals surface area contributed by atoms with E-state index in [1.54, 1.807) is 18.2 Å². The van der Waals surface area contributed by atoms with Crippen LogP contribution in [0.1, 0.15) is 6.92 Å². The Kier molecular flexibility index (Phi) is 6.13. The number of aromatic hydroxyl groups is 1. The fraction of sp³-hybridized carbons (Fsp3) is 0.273. The van der Waals surface area contributed by atoms with E-state index in [2.05, 4.69) is 16.0 Å².